The van der Waals surface area contributed by atoms with Crippen molar-refractivity contribution in [2.75, 3.05) is 31.0 Å². The molecule has 0 saturated heterocycles. The number of fused-ring (bicyclic) bond motifs is 2. The van der Waals surface area contributed by atoms with Crippen molar-refractivity contribution in [1.29, 1.82) is 0 Å². The van der Waals surface area contributed by atoms with E-state index in [0.29, 0.717) is 22.1 Å². The first-order valence-corrected chi connectivity index (χ1v) is 11.5. The minimum Gasteiger partial charge on any atom is -0.497 e. The summed E-state index contributed by atoms with van der Waals surface area (Å²) in [5, 5.41) is 3.91. The molecule has 1 aliphatic heterocycles. The van der Waals surface area contributed by atoms with E-state index in [0.717, 1.165) is 41.1 Å². The summed E-state index contributed by atoms with van der Waals surface area (Å²) in [4.78, 5) is 26.0. The molecule has 4 aromatic rings. The number of nitrogens with zero attached hydrogens (tertiary/aromatic N) is 3. The Labute approximate surface area is 196 Å². The number of carbonyl (C=O) groups is 1. The molecule has 0 fully saturated rings. The number of anilines is 2. The summed E-state index contributed by atoms with van der Waals surface area (Å²) in [6, 6.07) is 13.8. The number of benzene rings is 2. The standard InChI is InChI=1S/C25H24N4O3S/c1-15-21-23(29-11-10-16-6-4-5-7-17(16)13-29)26-14-27-25(21)33-22(15)24(30)28-19-12-18(31-2)8-9-20(19)32-3/h4-9,12,14H,10-11,13H2,1-3H3,(H,28,30). The predicted octanol–water partition coefficient (Wildman–Crippen LogP) is 4.83. The number of thiophene rings is 1. The Kier molecular flexibility index (Phi) is 5.60. The quantitative estimate of drug-likeness (QED) is 0.460. The summed E-state index contributed by atoms with van der Waals surface area (Å²) in [6.07, 6.45) is 2.55. The lowest BCUT2D eigenvalue weighted by Crippen LogP contribution is -2.31. The van der Waals surface area contributed by atoms with E-state index in [1.165, 1.54) is 22.5 Å². The van der Waals surface area contributed by atoms with Crippen LogP contribution in [0.5, 0.6) is 11.5 Å². The van der Waals surface area contributed by atoms with Crippen molar-refractivity contribution < 1.29 is 14.3 Å². The molecule has 5 rings (SSSR count). The second-order valence-corrected chi connectivity index (χ2v) is 8.89. The van der Waals surface area contributed by atoms with Crippen molar-refractivity contribution in [3.8, 4) is 11.5 Å². The van der Waals surface area contributed by atoms with E-state index in [1.807, 2.05) is 6.92 Å². The molecule has 2 aromatic carbocycles. The van der Waals surface area contributed by atoms with E-state index in [-0.39, 0.29) is 5.91 Å². The summed E-state index contributed by atoms with van der Waals surface area (Å²) in [6.45, 7) is 3.63. The normalized spacial score (nSPS) is 13.0. The van der Waals surface area contributed by atoms with Crippen LogP contribution < -0.4 is 19.7 Å². The van der Waals surface area contributed by atoms with Gasteiger partial charge < -0.3 is 19.7 Å². The van der Waals surface area contributed by atoms with Crippen LogP contribution in [-0.2, 0) is 13.0 Å². The van der Waals surface area contributed by atoms with Gasteiger partial charge in [0.2, 0.25) is 0 Å². The maximum Gasteiger partial charge on any atom is 0.266 e. The van der Waals surface area contributed by atoms with E-state index in [2.05, 4.69) is 44.5 Å². The summed E-state index contributed by atoms with van der Waals surface area (Å²) in [5.41, 5.74) is 4.13. The van der Waals surface area contributed by atoms with Crippen LogP contribution in [0, 0.1) is 6.92 Å². The third kappa shape index (κ3) is 3.87. The van der Waals surface area contributed by atoms with Gasteiger partial charge >= 0.3 is 0 Å². The fraction of sp³-hybridized carbons (Fsp3) is 0.240. The first-order chi connectivity index (χ1) is 16.1. The molecule has 33 heavy (non-hydrogen) atoms. The summed E-state index contributed by atoms with van der Waals surface area (Å²) < 4.78 is 10.7. The predicted molar refractivity (Wildman–Crippen MR) is 131 cm³/mol. The molecule has 1 N–H and O–H groups in total. The summed E-state index contributed by atoms with van der Waals surface area (Å²) >= 11 is 1.38. The highest BCUT2D eigenvalue weighted by atomic mass is 32.1. The number of rotatable bonds is 5. The maximum absolute atomic E-state index is 13.3. The van der Waals surface area contributed by atoms with Gasteiger partial charge in [-0.15, -0.1) is 11.3 Å². The number of aromatic nitrogens is 2. The lowest BCUT2D eigenvalue weighted by molar-refractivity contribution is 0.102. The second-order valence-electron chi connectivity index (χ2n) is 7.89. The molecular weight excluding hydrogens is 436 g/mol. The number of methoxy groups -OCH3 is 2. The van der Waals surface area contributed by atoms with Crippen LogP contribution in [0.15, 0.2) is 48.8 Å². The van der Waals surface area contributed by atoms with Gasteiger partial charge in [0, 0.05) is 19.2 Å². The third-order valence-corrected chi connectivity index (χ3v) is 7.20. The number of aryl methyl sites for hydroxylation is 1. The fourth-order valence-corrected chi connectivity index (χ4v) is 5.32. The molecule has 0 atom stereocenters. The van der Waals surface area contributed by atoms with Gasteiger partial charge in [0.1, 0.15) is 28.5 Å². The monoisotopic (exact) mass is 460 g/mol. The highest BCUT2D eigenvalue weighted by molar-refractivity contribution is 7.20. The third-order valence-electron chi connectivity index (χ3n) is 6.00. The zero-order chi connectivity index (χ0) is 22.9. The molecule has 7 nitrogen and oxygen atoms in total. The number of ether oxygens (including phenoxy) is 2. The van der Waals surface area contributed by atoms with Crippen LogP contribution in [0.3, 0.4) is 0 Å². The molecule has 2 aromatic heterocycles. The minimum absolute atomic E-state index is 0.211. The molecule has 168 valence electrons. The zero-order valence-corrected chi connectivity index (χ0v) is 19.5. The number of amides is 1. The van der Waals surface area contributed by atoms with Gasteiger partial charge in [-0.05, 0) is 42.2 Å². The smallest absolute Gasteiger partial charge is 0.266 e. The van der Waals surface area contributed by atoms with Crippen molar-refractivity contribution in [3.63, 3.8) is 0 Å². The molecule has 8 heteroatoms. The molecule has 0 radical (unpaired) electrons. The summed E-state index contributed by atoms with van der Waals surface area (Å²) in [5.74, 6) is 1.87. The number of nitrogens with one attached hydrogen (secondary N) is 1. The molecule has 0 bridgehead atoms. The highest BCUT2D eigenvalue weighted by Crippen LogP contribution is 2.37. The van der Waals surface area contributed by atoms with E-state index in [9.17, 15) is 4.79 Å². The molecule has 1 aliphatic rings. The topological polar surface area (TPSA) is 76.6 Å². The van der Waals surface area contributed by atoms with Crippen molar-refractivity contribution >= 4 is 39.0 Å². The van der Waals surface area contributed by atoms with E-state index in [4.69, 9.17) is 9.47 Å². The van der Waals surface area contributed by atoms with Gasteiger partial charge in [-0.3, -0.25) is 4.79 Å². The van der Waals surface area contributed by atoms with Gasteiger partial charge in [0.05, 0.1) is 30.2 Å². The molecule has 1 amide bonds. The van der Waals surface area contributed by atoms with Crippen LogP contribution in [0.25, 0.3) is 10.2 Å². The second kappa shape index (κ2) is 8.71. The maximum atomic E-state index is 13.3. The van der Waals surface area contributed by atoms with Crippen molar-refractivity contribution in [3.05, 3.63) is 70.4 Å². The highest BCUT2D eigenvalue weighted by Gasteiger charge is 2.24. The lowest BCUT2D eigenvalue weighted by Gasteiger charge is -2.30. The first-order valence-electron chi connectivity index (χ1n) is 10.7. The largest absolute Gasteiger partial charge is 0.497 e. The average Bonchev–Trinajstić information content (AvgIpc) is 3.20. The van der Waals surface area contributed by atoms with E-state index < -0.39 is 0 Å². The molecule has 0 aliphatic carbocycles. The van der Waals surface area contributed by atoms with Crippen LogP contribution in [0.1, 0.15) is 26.4 Å². The molecule has 0 saturated carbocycles. The first kappa shape index (κ1) is 21.2. The van der Waals surface area contributed by atoms with Crippen molar-refractivity contribution in [1.82, 2.24) is 9.97 Å². The molecule has 0 spiro atoms. The fourth-order valence-electron chi connectivity index (χ4n) is 4.28. The van der Waals surface area contributed by atoms with Crippen molar-refractivity contribution in [2.45, 2.75) is 19.9 Å². The SMILES string of the molecule is COc1ccc(OC)c(NC(=O)c2sc3ncnc(N4CCc5ccccc5C4)c3c2C)c1. The van der Waals surface area contributed by atoms with Crippen LogP contribution in [0.2, 0.25) is 0 Å². The molecule has 3 heterocycles. The zero-order valence-electron chi connectivity index (χ0n) is 18.7. The number of hydrogen-bond acceptors (Lipinski definition) is 7. The van der Waals surface area contributed by atoms with Gasteiger partial charge in [-0.2, -0.15) is 0 Å². The lowest BCUT2D eigenvalue weighted by atomic mass is 9.99. The van der Waals surface area contributed by atoms with Gasteiger partial charge in [0.25, 0.3) is 5.91 Å². The van der Waals surface area contributed by atoms with E-state index >= 15 is 0 Å². The Hall–Kier alpha value is -3.65. The van der Waals surface area contributed by atoms with Gasteiger partial charge in [-0.1, -0.05) is 24.3 Å². The Morgan fingerprint density at radius 1 is 1.09 bits per heavy atom. The summed E-state index contributed by atoms with van der Waals surface area (Å²) in [7, 11) is 3.16. The van der Waals surface area contributed by atoms with Crippen LogP contribution >= 0.6 is 11.3 Å². The minimum atomic E-state index is -0.211. The van der Waals surface area contributed by atoms with Crippen molar-refractivity contribution in [2.24, 2.45) is 0 Å². The Morgan fingerprint density at radius 2 is 1.91 bits per heavy atom. The molecular formula is C25H24N4O3S. The number of hydrogen-bond donors (Lipinski definition) is 1. The van der Waals surface area contributed by atoms with Gasteiger partial charge in [-0.25, -0.2) is 9.97 Å². The average molecular weight is 461 g/mol. The Morgan fingerprint density at radius 3 is 2.70 bits per heavy atom. The van der Waals surface area contributed by atoms with E-state index in [1.54, 1.807) is 38.7 Å². The molecule has 0 unspecified atom stereocenters. The van der Waals surface area contributed by atoms with Crippen LogP contribution in [0.4, 0.5) is 11.5 Å². The Bertz CT molecular complexity index is 1350. The van der Waals surface area contributed by atoms with Crippen LogP contribution in [-0.4, -0.2) is 36.6 Å². The Balaban J connectivity index is 1.49. The number of carbonyl (C=O) groups excluding carboxylic acids is 1. The van der Waals surface area contributed by atoms with Gasteiger partial charge in [0.15, 0.2) is 0 Å².